The fourth-order valence-corrected chi connectivity index (χ4v) is 4.40. The second-order valence-electron chi connectivity index (χ2n) is 7.91. The minimum Gasteiger partial charge on any atom is -0.388 e. The molecule has 23 heavy (non-hydrogen) atoms. The fourth-order valence-electron chi connectivity index (χ4n) is 4.40. The summed E-state index contributed by atoms with van der Waals surface area (Å²) >= 11 is 0. The van der Waals surface area contributed by atoms with Crippen LogP contribution in [0.4, 0.5) is 0 Å². The molecule has 0 aromatic carbocycles. The van der Waals surface area contributed by atoms with E-state index in [1.165, 1.54) is 25.7 Å². The first-order valence-corrected chi connectivity index (χ1v) is 9.55. The molecular weight excluding hydrogens is 290 g/mol. The Bertz CT molecular complexity index is 395. The van der Waals surface area contributed by atoms with E-state index < -0.39 is 5.60 Å². The van der Waals surface area contributed by atoms with Crippen molar-refractivity contribution in [2.45, 2.75) is 76.0 Å². The van der Waals surface area contributed by atoms with Crippen molar-refractivity contribution in [1.82, 2.24) is 15.1 Å². The molecule has 0 aromatic heterocycles. The third-order valence-corrected chi connectivity index (χ3v) is 6.07. The zero-order valence-corrected chi connectivity index (χ0v) is 14.6. The van der Waals surface area contributed by atoms with Gasteiger partial charge in [-0.05, 0) is 58.5 Å². The SMILES string of the molecule is CC(C(=O)NC1CCCC1)N1CCC(O)(CN2CCCC2)CC1. The van der Waals surface area contributed by atoms with Crippen LogP contribution in [0.25, 0.3) is 0 Å². The molecular formula is C18H33N3O2. The van der Waals surface area contributed by atoms with Gasteiger partial charge in [0.05, 0.1) is 11.6 Å². The van der Waals surface area contributed by atoms with Gasteiger partial charge in [-0.3, -0.25) is 9.69 Å². The molecule has 1 atom stereocenters. The Kier molecular flexibility index (Phi) is 5.60. The van der Waals surface area contributed by atoms with Gasteiger partial charge in [0, 0.05) is 25.7 Å². The molecule has 0 aromatic rings. The maximum Gasteiger partial charge on any atom is 0.237 e. The van der Waals surface area contributed by atoms with Crippen LogP contribution in [0.15, 0.2) is 0 Å². The van der Waals surface area contributed by atoms with E-state index in [9.17, 15) is 9.90 Å². The number of piperidine rings is 1. The highest BCUT2D eigenvalue weighted by atomic mass is 16.3. The summed E-state index contributed by atoms with van der Waals surface area (Å²) in [7, 11) is 0. The number of nitrogens with zero attached hydrogens (tertiary/aromatic N) is 2. The number of amides is 1. The lowest BCUT2D eigenvalue weighted by atomic mass is 9.90. The Balaban J connectivity index is 1.44. The van der Waals surface area contributed by atoms with Crippen molar-refractivity contribution in [3.05, 3.63) is 0 Å². The van der Waals surface area contributed by atoms with Gasteiger partial charge in [-0.25, -0.2) is 0 Å². The van der Waals surface area contributed by atoms with Gasteiger partial charge in [-0.2, -0.15) is 0 Å². The van der Waals surface area contributed by atoms with Gasteiger partial charge in [0.2, 0.25) is 5.91 Å². The molecule has 0 radical (unpaired) electrons. The molecule has 2 saturated heterocycles. The minimum absolute atomic E-state index is 0.0769. The normalized spacial score (nSPS) is 28.1. The highest BCUT2D eigenvalue weighted by molar-refractivity contribution is 5.81. The average molecular weight is 323 g/mol. The molecule has 1 saturated carbocycles. The van der Waals surface area contributed by atoms with E-state index in [2.05, 4.69) is 15.1 Å². The average Bonchev–Trinajstić information content (AvgIpc) is 3.21. The second-order valence-corrected chi connectivity index (χ2v) is 7.91. The lowest BCUT2D eigenvalue weighted by molar-refractivity contribution is -0.128. The van der Waals surface area contributed by atoms with Crippen LogP contribution >= 0.6 is 0 Å². The lowest BCUT2D eigenvalue weighted by Gasteiger charge is -2.42. The molecule has 3 rings (SSSR count). The Morgan fingerprint density at radius 2 is 1.74 bits per heavy atom. The summed E-state index contributed by atoms with van der Waals surface area (Å²) in [6.45, 7) is 6.73. The van der Waals surface area contributed by atoms with Crippen molar-refractivity contribution >= 4 is 5.91 Å². The summed E-state index contributed by atoms with van der Waals surface area (Å²) < 4.78 is 0. The van der Waals surface area contributed by atoms with Gasteiger partial charge in [0.1, 0.15) is 0 Å². The van der Waals surface area contributed by atoms with Crippen LogP contribution in [0.2, 0.25) is 0 Å². The van der Waals surface area contributed by atoms with Crippen molar-refractivity contribution in [3.8, 4) is 0 Å². The summed E-state index contributed by atoms with van der Waals surface area (Å²) in [5.41, 5.74) is -0.553. The van der Waals surface area contributed by atoms with E-state index in [1.54, 1.807) is 0 Å². The smallest absolute Gasteiger partial charge is 0.237 e. The number of rotatable bonds is 5. The quantitative estimate of drug-likeness (QED) is 0.802. The van der Waals surface area contributed by atoms with Crippen LogP contribution in [0.5, 0.6) is 0 Å². The van der Waals surface area contributed by atoms with E-state index >= 15 is 0 Å². The third-order valence-electron chi connectivity index (χ3n) is 6.07. The molecule has 2 aliphatic heterocycles. The van der Waals surface area contributed by atoms with Crippen LogP contribution in [0.3, 0.4) is 0 Å². The van der Waals surface area contributed by atoms with Gasteiger partial charge in [-0.15, -0.1) is 0 Å². The highest BCUT2D eigenvalue weighted by Crippen LogP contribution is 2.26. The van der Waals surface area contributed by atoms with Gasteiger partial charge >= 0.3 is 0 Å². The lowest BCUT2D eigenvalue weighted by Crippen LogP contribution is -2.55. The summed E-state index contributed by atoms with van der Waals surface area (Å²) in [6.07, 6.45) is 8.84. The number of likely N-dealkylation sites (tertiary alicyclic amines) is 2. The summed E-state index contributed by atoms with van der Waals surface area (Å²) in [4.78, 5) is 17.0. The number of β-amino-alcohol motifs (C(OH)–C–C–N with tert-alkyl or cyclic N) is 1. The van der Waals surface area contributed by atoms with E-state index in [0.29, 0.717) is 6.04 Å². The molecule has 2 N–H and O–H groups in total. The highest BCUT2D eigenvalue weighted by Gasteiger charge is 2.37. The van der Waals surface area contributed by atoms with Crippen LogP contribution < -0.4 is 5.32 Å². The van der Waals surface area contributed by atoms with Gasteiger partial charge in [-0.1, -0.05) is 12.8 Å². The van der Waals surface area contributed by atoms with Crippen molar-refractivity contribution in [2.24, 2.45) is 0 Å². The predicted molar refractivity (Wildman–Crippen MR) is 91.3 cm³/mol. The van der Waals surface area contributed by atoms with Crippen molar-refractivity contribution in [3.63, 3.8) is 0 Å². The van der Waals surface area contributed by atoms with E-state index in [-0.39, 0.29) is 11.9 Å². The van der Waals surface area contributed by atoms with Crippen LogP contribution in [-0.4, -0.2) is 71.2 Å². The van der Waals surface area contributed by atoms with Gasteiger partial charge in [0.15, 0.2) is 0 Å². The Labute approximate surface area is 140 Å². The van der Waals surface area contributed by atoms with Crippen molar-refractivity contribution < 1.29 is 9.90 Å². The molecule has 0 bridgehead atoms. The van der Waals surface area contributed by atoms with E-state index in [1.807, 2.05) is 6.92 Å². The molecule has 5 heteroatoms. The summed E-state index contributed by atoms with van der Waals surface area (Å²) in [5.74, 6) is 0.168. The molecule has 1 amide bonds. The minimum atomic E-state index is -0.553. The standard InChI is InChI=1S/C18H33N3O2/c1-15(17(22)19-16-6-2-3-7-16)21-12-8-18(23,9-13-21)14-20-10-4-5-11-20/h15-16,23H,2-14H2,1H3,(H,19,22). The Morgan fingerprint density at radius 3 is 2.35 bits per heavy atom. The molecule has 1 unspecified atom stereocenters. The molecule has 132 valence electrons. The topological polar surface area (TPSA) is 55.8 Å². The Morgan fingerprint density at radius 1 is 1.13 bits per heavy atom. The van der Waals surface area contributed by atoms with Gasteiger partial charge in [0.25, 0.3) is 0 Å². The largest absolute Gasteiger partial charge is 0.388 e. The summed E-state index contributed by atoms with van der Waals surface area (Å²) in [5, 5.41) is 14.0. The molecule has 1 aliphatic carbocycles. The van der Waals surface area contributed by atoms with Crippen LogP contribution in [0.1, 0.15) is 58.3 Å². The van der Waals surface area contributed by atoms with Gasteiger partial charge < -0.3 is 15.3 Å². The Hall–Kier alpha value is -0.650. The maximum atomic E-state index is 12.4. The number of carbonyl (C=O) groups excluding carboxylic acids is 1. The third kappa shape index (κ3) is 4.46. The zero-order chi connectivity index (χ0) is 16.3. The van der Waals surface area contributed by atoms with Crippen LogP contribution in [0, 0.1) is 0 Å². The first kappa shape index (κ1) is 17.2. The number of aliphatic hydroxyl groups is 1. The first-order valence-electron chi connectivity index (χ1n) is 9.55. The molecule has 2 heterocycles. The zero-order valence-electron chi connectivity index (χ0n) is 14.6. The first-order chi connectivity index (χ1) is 11.1. The molecule has 3 fully saturated rings. The van der Waals surface area contributed by atoms with E-state index in [0.717, 1.165) is 58.4 Å². The second kappa shape index (κ2) is 7.49. The predicted octanol–water partition coefficient (Wildman–Crippen LogP) is 1.36. The van der Waals surface area contributed by atoms with Crippen LogP contribution in [-0.2, 0) is 4.79 Å². The monoisotopic (exact) mass is 323 g/mol. The number of hydrogen-bond donors (Lipinski definition) is 2. The number of carbonyl (C=O) groups is 1. The molecule has 0 spiro atoms. The number of nitrogens with one attached hydrogen (secondary N) is 1. The van der Waals surface area contributed by atoms with Crippen molar-refractivity contribution in [1.29, 1.82) is 0 Å². The summed E-state index contributed by atoms with van der Waals surface area (Å²) in [6, 6.07) is 0.314. The van der Waals surface area contributed by atoms with Crippen molar-refractivity contribution in [2.75, 3.05) is 32.7 Å². The molecule has 5 nitrogen and oxygen atoms in total. The maximum absolute atomic E-state index is 12.4. The number of hydrogen-bond acceptors (Lipinski definition) is 4. The van der Waals surface area contributed by atoms with E-state index in [4.69, 9.17) is 0 Å². The fraction of sp³-hybridized carbons (Fsp3) is 0.944. The molecule has 3 aliphatic rings.